The number of hydrogen-bond acceptors (Lipinski definition) is 5. The number of Topliss-reactive ketones (excluding diaryl/α,β-unsaturated/α-hetero) is 1. The van der Waals surface area contributed by atoms with Gasteiger partial charge in [0, 0.05) is 38.0 Å². The minimum absolute atomic E-state index is 0.130. The first-order valence-electron chi connectivity index (χ1n) is 11.1. The number of morpholine rings is 1. The number of likely N-dealkylation sites (N-methyl/N-ethyl adjacent to an activating group) is 1. The summed E-state index contributed by atoms with van der Waals surface area (Å²) in [6.45, 7) is 13.2. The van der Waals surface area contributed by atoms with Crippen molar-refractivity contribution in [2.75, 3.05) is 46.4 Å². The molecule has 3 rings (SSSR count). The first kappa shape index (κ1) is 21.8. The summed E-state index contributed by atoms with van der Waals surface area (Å²) >= 11 is 0. The number of piperazine rings is 1. The second kappa shape index (κ2) is 10.3. The molecule has 1 atom stereocenters. The molecule has 5 nitrogen and oxygen atoms in total. The molecule has 1 unspecified atom stereocenters. The van der Waals surface area contributed by atoms with E-state index in [0.717, 1.165) is 63.6 Å². The fraction of sp³-hybridized carbons (Fsp3) is 0.625. The van der Waals surface area contributed by atoms with Crippen molar-refractivity contribution >= 4 is 5.78 Å². The van der Waals surface area contributed by atoms with Crippen molar-refractivity contribution in [2.45, 2.75) is 52.0 Å². The Morgan fingerprint density at radius 2 is 2.07 bits per heavy atom. The highest BCUT2D eigenvalue weighted by Crippen LogP contribution is 2.33. The molecule has 0 aromatic rings. The van der Waals surface area contributed by atoms with Crippen LogP contribution in [0.1, 0.15) is 46.0 Å². The molecular formula is C24H37N3O2. The third kappa shape index (κ3) is 5.40. The maximum Gasteiger partial charge on any atom is 0.175 e. The Morgan fingerprint density at radius 1 is 1.28 bits per heavy atom. The summed E-state index contributed by atoms with van der Waals surface area (Å²) in [5.41, 5.74) is 4.73. The van der Waals surface area contributed by atoms with Crippen molar-refractivity contribution in [1.29, 1.82) is 0 Å². The number of rotatable bonds is 7. The molecule has 2 heterocycles. The van der Waals surface area contributed by atoms with Crippen LogP contribution in [0.3, 0.4) is 0 Å². The maximum atomic E-state index is 12.2. The lowest BCUT2D eigenvalue weighted by Gasteiger charge is -2.41. The topological polar surface area (TPSA) is 36.0 Å². The summed E-state index contributed by atoms with van der Waals surface area (Å²) in [6, 6.07) is 0.338. The van der Waals surface area contributed by atoms with E-state index in [4.69, 9.17) is 4.74 Å². The van der Waals surface area contributed by atoms with E-state index in [1.807, 2.05) is 0 Å². The van der Waals surface area contributed by atoms with Gasteiger partial charge in [-0.2, -0.15) is 0 Å². The minimum atomic E-state index is 0.130. The number of ether oxygens (including phenoxy) is 1. The molecule has 2 aliphatic heterocycles. The van der Waals surface area contributed by atoms with Gasteiger partial charge in [-0.25, -0.2) is 0 Å². The largest absolute Gasteiger partial charge is 0.378 e. The van der Waals surface area contributed by atoms with E-state index in [2.05, 4.69) is 53.5 Å². The molecule has 0 aromatic heterocycles. The van der Waals surface area contributed by atoms with Crippen molar-refractivity contribution in [2.24, 2.45) is 0 Å². The Morgan fingerprint density at radius 3 is 2.66 bits per heavy atom. The minimum Gasteiger partial charge on any atom is -0.378 e. The summed E-state index contributed by atoms with van der Waals surface area (Å²) in [7, 11) is 2.17. The van der Waals surface area contributed by atoms with Gasteiger partial charge in [-0.05, 0) is 44.4 Å². The third-order valence-corrected chi connectivity index (χ3v) is 6.21. The first-order valence-corrected chi connectivity index (χ1v) is 11.1. The zero-order chi connectivity index (χ0) is 20.8. The second-order valence-electron chi connectivity index (χ2n) is 8.40. The van der Waals surface area contributed by atoms with Crippen LogP contribution in [-0.4, -0.2) is 73.0 Å². The summed E-state index contributed by atoms with van der Waals surface area (Å²) in [5, 5.41) is 0. The van der Waals surface area contributed by atoms with Crippen molar-refractivity contribution in [3.05, 3.63) is 47.5 Å². The van der Waals surface area contributed by atoms with Gasteiger partial charge in [0.2, 0.25) is 0 Å². The normalized spacial score (nSPS) is 24.2. The molecule has 0 bridgehead atoms. The van der Waals surface area contributed by atoms with Crippen LogP contribution >= 0.6 is 0 Å². The van der Waals surface area contributed by atoms with Crippen molar-refractivity contribution in [3.63, 3.8) is 0 Å². The van der Waals surface area contributed by atoms with Crippen LogP contribution in [0, 0.1) is 0 Å². The van der Waals surface area contributed by atoms with E-state index in [0.29, 0.717) is 6.04 Å². The highest BCUT2D eigenvalue weighted by molar-refractivity contribution is 5.93. The van der Waals surface area contributed by atoms with Crippen LogP contribution in [0.2, 0.25) is 0 Å². The lowest BCUT2D eigenvalue weighted by molar-refractivity contribution is -0.115. The fourth-order valence-electron chi connectivity index (χ4n) is 4.15. The molecule has 0 N–H and O–H groups in total. The van der Waals surface area contributed by atoms with E-state index in [-0.39, 0.29) is 5.78 Å². The van der Waals surface area contributed by atoms with Gasteiger partial charge in [0.15, 0.2) is 5.78 Å². The monoisotopic (exact) mass is 399 g/mol. The van der Waals surface area contributed by atoms with E-state index in [1.54, 1.807) is 12.5 Å². The predicted octanol–water partition coefficient (Wildman–Crippen LogP) is 3.72. The summed E-state index contributed by atoms with van der Waals surface area (Å²) in [5.74, 6) is 0.130. The van der Waals surface area contributed by atoms with Gasteiger partial charge in [-0.1, -0.05) is 32.1 Å². The average Bonchev–Trinajstić information content (AvgIpc) is 2.65. The van der Waals surface area contributed by atoms with Gasteiger partial charge < -0.3 is 14.5 Å². The summed E-state index contributed by atoms with van der Waals surface area (Å²) < 4.78 is 5.66. The molecule has 3 aliphatic rings. The van der Waals surface area contributed by atoms with Crippen molar-refractivity contribution in [1.82, 2.24) is 14.7 Å². The molecule has 1 aliphatic carbocycles. The fourth-order valence-corrected chi connectivity index (χ4v) is 4.15. The number of hydrogen-bond donors (Lipinski definition) is 0. The third-order valence-electron chi connectivity index (χ3n) is 6.21. The molecule has 3 fully saturated rings. The van der Waals surface area contributed by atoms with E-state index in [1.165, 1.54) is 25.0 Å². The van der Waals surface area contributed by atoms with Crippen LogP contribution in [0.15, 0.2) is 47.5 Å². The quantitative estimate of drug-likeness (QED) is 0.610. The lowest BCUT2D eigenvalue weighted by atomic mass is 9.89. The molecule has 160 valence electrons. The molecule has 2 saturated heterocycles. The lowest BCUT2D eigenvalue weighted by Crippen LogP contribution is -2.45. The summed E-state index contributed by atoms with van der Waals surface area (Å²) in [6.07, 6.45) is 12.3. The zero-order valence-corrected chi connectivity index (χ0v) is 18.5. The van der Waals surface area contributed by atoms with Crippen LogP contribution in [0.25, 0.3) is 0 Å². The molecular weight excluding hydrogens is 362 g/mol. The Bertz CT molecular complexity index is 701. The van der Waals surface area contributed by atoms with Gasteiger partial charge in [-0.3, -0.25) is 9.69 Å². The Balaban J connectivity index is 1.72. The predicted molar refractivity (Wildman–Crippen MR) is 118 cm³/mol. The maximum absolute atomic E-state index is 12.2. The van der Waals surface area contributed by atoms with Gasteiger partial charge in [0.05, 0.1) is 31.5 Å². The molecule has 0 amide bonds. The number of nitrogens with zero attached hydrogens (tertiary/aromatic N) is 3. The zero-order valence-electron chi connectivity index (χ0n) is 18.5. The SMILES string of the molecule is C=C1CN(C(/C=C/C2COCCN2C)=C2CCC2)CCN1/C(=C\CCC)C(C)=O. The van der Waals surface area contributed by atoms with Crippen molar-refractivity contribution in [3.8, 4) is 0 Å². The van der Waals surface area contributed by atoms with Crippen LogP contribution in [0.5, 0.6) is 0 Å². The number of carbonyl (C=O) groups is 1. The summed E-state index contributed by atoms with van der Waals surface area (Å²) in [4.78, 5) is 19.1. The van der Waals surface area contributed by atoms with E-state index >= 15 is 0 Å². The van der Waals surface area contributed by atoms with Crippen LogP contribution < -0.4 is 0 Å². The molecule has 1 saturated carbocycles. The highest BCUT2D eigenvalue weighted by Gasteiger charge is 2.27. The smallest absolute Gasteiger partial charge is 0.175 e. The van der Waals surface area contributed by atoms with E-state index < -0.39 is 0 Å². The van der Waals surface area contributed by atoms with Gasteiger partial charge in [-0.15, -0.1) is 0 Å². The molecule has 0 radical (unpaired) electrons. The second-order valence-corrected chi connectivity index (χ2v) is 8.40. The number of unbranched alkanes of at least 4 members (excludes halogenated alkanes) is 1. The Labute approximate surface area is 176 Å². The molecule has 0 aromatic carbocycles. The highest BCUT2D eigenvalue weighted by atomic mass is 16.5. The molecule has 29 heavy (non-hydrogen) atoms. The van der Waals surface area contributed by atoms with Crippen LogP contribution in [0.4, 0.5) is 0 Å². The van der Waals surface area contributed by atoms with Gasteiger partial charge in [0.1, 0.15) is 0 Å². The average molecular weight is 400 g/mol. The van der Waals surface area contributed by atoms with Gasteiger partial charge in [0.25, 0.3) is 0 Å². The van der Waals surface area contributed by atoms with Gasteiger partial charge >= 0.3 is 0 Å². The molecule has 0 spiro atoms. The van der Waals surface area contributed by atoms with E-state index in [9.17, 15) is 4.79 Å². The molecule has 5 heteroatoms. The number of ketones is 1. The number of allylic oxidation sites excluding steroid dienone is 4. The first-order chi connectivity index (χ1) is 14.0. The Hall–Kier alpha value is -1.85. The number of carbonyl (C=O) groups excluding carboxylic acids is 1. The standard InChI is InChI=1S/C24H37N3O2/c1-5-6-10-23(20(3)28)27-14-13-26(17-19(27)2)24(21-8-7-9-21)12-11-22-18-29-16-15-25(22)4/h10-12,22H,2,5-9,13-18H2,1,3-4H3/b12-11+,23-10-. The Kier molecular flexibility index (Phi) is 7.73. The van der Waals surface area contributed by atoms with Crippen molar-refractivity contribution < 1.29 is 9.53 Å². The van der Waals surface area contributed by atoms with Crippen LogP contribution in [-0.2, 0) is 9.53 Å².